The first kappa shape index (κ1) is 12.2. The zero-order chi connectivity index (χ0) is 12.3. The molecule has 1 aromatic carbocycles. The highest BCUT2D eigenvalue weighted by Crippen LogP contribution is 2.16. The van der Waals surface area contributed by atoms with Crippen LogP contribution in [0.3, 0.4) is 0 Å². The third-order valence-corrected chi connectivity index (χ3v) is 1.82. The van der Waals surface area contributed by atoms with E-state index in [0.29, 0.717) is 12.1 Å². The van der Waals surface area contributed by atoms with Crippen molar-refractivity contribution in [2.24, 2.45) is 0 Å². The van der Waals surface area contributed by atoms with Crippen molar-refractivity contribution in [3.8, 4) is 0 Å². The van der Waals surface area contributed by atoms with Crippen LogP contribution in [0, 0.1) is 17.5 Å². The minimum atomic E-state index is -1.34. The average molecular weight is 232 g/mol. The van der Waals surface area contributed by atoms with Crippen LogP contribution in [0.25, 0.3) is 0 Å². The predicted octanol–water partition coefficient (Wildman–Crippen LogP) is 1.85. The first-order chi connectivity index (χ1) is 7.45. The van der Waals surface area contributed by atoms with E-state index in [0.717, 1.165) is 7.11 Å². The van der Waals surface area contributed by atoms with E-state index >= 15 is 0 Å². The number of methoxy groups -OCH3 is 1. The Balaban J connectivity index is 3.04. The summed E-state index contributed by atoms with van der Waals surface area (Å²) in [5, 5.41) is 0. The zero-order valence-corrected chi connectivity index (χ0v) is 8.22. The second kappa shape index (κ2) is 4.78. The number of ether oxygens (including phenoxy) is 1. The van der Waals surface area contributed by atoms with E-state index in [4.69, 9.17) is 0 Å². The Bertz CT molecular complexity index is 420. The summed E-state index contributed by atoms with van der Waals surface area (Å²) in [5.74, 6) is -5.84. The van der Waals surface area contributed by atoms with Gasteiger partial charge in [-0.1, -0.05) is 0 Å². The Labute approximate surface area is 88.8 Å². The summed E-state index contributed by atoms with van der Waals surface area (Å²) in [7, 11) is 1.03. The Morgan fingerprint density at radius 2 is 1.69 bits per heavy atom. The molecule has 1 rings (SSSR count). The SMILES string of the molecule is COC(=O)CC(=O)c1c(F)cc(F)cc1F. The maximum absolute atomic E-state index is 13.1. The number of benzene rings is 1. The highest BCUT2D eigenvalue weighted by atomic mass is 19.1. The number of Topliss-reactive ketones (excluding diaryl/α,β-unsaturated/α-hetero) is 1. The topological polar surface area (TPSA) is 43.4 Å². The van der Waals surface area contributed by atoms with Gasteiger partial charge < -0.3 is 4.74 Å². The number of rotatable bonds is 3. The van der Waals surface area contributed by atoms with Gasteiger partial charge in [-0.15, -0.1) is 0 Å². The van der Waals surface area contributed by atoms with Crippen molar-refractivity contribution in [1.29, 1.82) is 0 Å². The highest BCUT2D eigenvalue weighted by molar-refractivity contribution is 6.06. The number of halogens is 3. The molecular weight excluding hydrogens is 225 g/mol. The lowest BCUT2D eigenvalue weighted by molar-refractivity contribution is -0.139. The van der Waals surface area contributed by atoms with Crippen molar-refractivity contribution >= 4 is 11.8 Å². The molecule has 0 saturated heterocycles. The Morgan fingerprint density at radius 1 is 1.19 bits per heavy atom. The molecule has 0 fully saturated rings. The summed E-state index contributed by atoms with van der Waals surface area (Å²) < 4.78 is 42.8. The van der Waals surface area contributed by atoms with E-state index < -0.39 is 41.2 Å². The molecule has 0 aliphatic rings. The van der Waals surface area contributed by atoms with Gasteiger partial charge in [-0.25, -0.2) is 13.2 Å². The van der Waals surface area contributed by atoms with Crippen LogP contribution in [0.2, 0.25) is 0 Å². The van der Waals surface area contributed by atoms with Crippen LogP contribution < -0.4 is 0 Å². The van der Waals surface area contributed by atoms with Gasteiger partial charge in [-0.05, 0) is 0 Å². The molecule has 0 saturated carbocycles. The van der Waals surface area contributed by atoms with Gasteiger partial charge in [0.25, 0.3) is 0 Å². The van der Waals surface area contributed by atoms with Crippen molar-refractivity contribution in [1.82, 2.24) is 0 Å². The maximum Gasteiger partial charge on any atom is 0.313 e. The molecule has 0 bridgehead atoms. The number of carbonyl (C=O) groups excluding carboxylic acids is 2. The van der Waals surface area contributed by atoms with Crippen molar-refractivity contribution in [3.05, 3.63) is 35.1 Å². The minimum Gasteiger partial charge on any atom is -0.469 e. The molecule has 0 radical (unpaired) electrons. The lowest BCUT2D eigenvalue weighted by Gasteiger charge is -2.03. The van der Waals surface area contributed by atoms with Crippen molar-refractivity contribution in [2.45, 2.75) is 6.42 Å². The molecule has 0 aromatic heterocycles. The molecule has 16 heavy (non-hydrogen) atoms. The molecule has 6 heteroatoms. The van der Waals surface area contributed by atoms with E-state index in [1.54, 1.807) is 0 Å². The van der Waals surface area contributed by atoms with Crippen LogP contribution in [-0.2, 0) is 9.53 Å². The van der Waals surface area contributed by atoms with Crippen LogP contribution in [-0.4, -0.2) is 18.9 Å². The van der Waals surface area contributed by atoms with Gasteiger partial charge in [0.1, 0.15) is 23.9 Å². The van der Waals surface area contributed by atoms with Gasteiger partial charge in [0.15, 0.2) is 5.78 Å². The molecule has 0 heterocycles. The van der Waals surface area contributed by atoms with Crippen molar-refractivity contribution in [3.63, 3.8) is 0 Å². The van der Waals surface area contributed by atoms with E-state index in [-0.39, 0.29) is 0 Å². The number of hydrogen-bond acceptors (Lipinski definition) is 3. The molecule has 86 valence electrons. The predicted molar refractivity (Wildman–Crippen MR) is 47.3 cm³/mol. The summed E-state index contributed by atoms with van der Waals surface area (Å²) in [5.41, 5.74) is -0.938. The second-order valence-electron chi connectivity index (χ2n) is 2.92. The quantitative estimate of drug-likeness (QED) is 0.453. The Kier molecular flexibility index (Phi) is 3.65. The van der Waals surface area contributed by atoms with Gasteiger partial charge >= 0.3 is 5.97 Å². The molecule has 0 spiro atoms. The summed E-state index contributed by atoms with van der Waals surface area (Å²) in [6.45, 7) is 0. The molecule has 0 atom stereocenters. The van der Waals surface area contributed by atoms with Gasteiger partial charge in [-0.2, -0.15) is 0 Å². The van der Waals surface area contributed by atoms with Crippen LogP contribution in [0.4, 0.5) is 13.2 Å². The fourth-order valence-corrected chi connectivity index (χ4v) is 1.10. The van der Waals surface area contributed by atoms with E-state index in [1.165, 1.54) is 0 Å². The number of carbonyl (C=O) groups is 2. The summed E-state index contributed by atoms with van der Waals surface area (Å²) in [6.07, 6.45) is -0.796. The highest BCUT2D eigenvalue weighted by Gasteiger charge is 2.21. The van der Waals surface area contributed by atoms with Crippen LogP contribution in [0.1, 0.15) is 16.8 Å². The van der Waals surface area contributed by atoms with Gasteiger partial charge in [0.05, 0.1) is 12.7 Å². The van der Waals surface area contributed by atoms with Gasteiger partial charge in [0, 0.05) is 12.1 Å². The Morgan fingerprint density at radius 3 is 2.12 bits per heavy atom. The minimum absolute atomic E-state index is 0.369. The smallest absolute Gasteiger partial charge is 0.313 e. The lowest BCUT2D eigenvalue weighted by atomic mass is 10.1. The number of hydrogen-bond donors (Lipinski definition) is 0. The normalized spacial score (nSPS) is 10.0. The van der Waals surface area contributed by atoms with E-state index in [2.05, 4.69) is 4.74 Å². The Hall–Kier alpha value is -1.85. The largest absolute Gasteiger partial charge is 0.469 e. The van der Waals surface area contributed by atoms with Crippen LogP contribution in [0.5, 0.6) is 0 Å². The van der Waals surface area contributed by atoms with Crippen molar-refractivity contribution in [2.75, 3.05) is 7.11 Å². The van der Waals surface area contributed by atoms with E-state index in [9.17, 15) is 22.8 Å². The summed E-state index contributed by atoms with van der Waals surface area (Å²) in [6, 6.07) is 0.737. The second-order valence-corrected chi connectivity index (χ2v) is 2.92. The third-order valence-electron chi connectivity index (χ3n) is 1.82. The summed E-state index contributed by atoms with van der Waals surface area (Å²) >= 11 is 0. The fraction of sp³-hybridized carbons (Fsp3) is 0.200. The maximum atomic E-state index is 13.1. The fourth-order valence-electron chi connectivity index (χ4n) is 1.10. The van der Waals surface area contributed by atoms with Crippen molar-refractivity contribution < 1.29 is 27.5 Å². The number of esters is 1. The molecule has 1 aromatic rings. The first-order valence-electron chi connectivity index (χ1n) is 4.20. The first-order valence-corrected chi connectivity index (χ1v) is 4.20. The molecule has 3 nitrogen and oxygen atoms in total. The molecule has 0 N–H and O–H groups in total. The monoisotopic (exact) mass is 232 g/mol. The van der Waals surface area contributed by atoms with Crippen LogP contribution >= 0.6 is 0 Å². The third kappa shape index (κ3) is 2.59. The molecular formula is C10H7F3O3. The molecule has 0 aliphatic carbocycles. The van der Waals surface area contributed by atoms with E-state index in [1.807, 2.05) is 0 Å². The average Bonchev–Trinajstić information content (AvgIpc) is 2.15. The van der Waals surface area contributed by atoms with Gasteiger partial charge in [-0.3, -0.25) is 9.59 Å². The lowest BCUT2D eigenvalue weighted by Crippen LogP contribution is -2.13. The number of ketones is 1. The molecule has 0 amide bonds. The molecule has 0 aliphatic heterocycles. The summed E-state index contributed by atoms with van der Waals surface area (Å²) in [4.78, 5) is 22.0. The molecule has 0 unspecified atom stereocenters. The van der Waals surface area contributed by atoms with Gasteiger partial charge in [0.2, 0.25) is 0 Å². The zero-order valence-electron chi connectivity index (χ0n) is 8.22. The standard InChI is InChI=1S/C10H7F3O3/c1-16-9(15)4-8(14)10-6(12)2-5(11)3-7(10)13/h2-3H,4H2,1H3. The van der Waals surface area contributed by atoms with Crippen LogP contribution in [0.15, 0.2) is 12.1 Å².